The number of fused-ring (bicyclic) bond motifs is 1. The van der Waals surface area contributed by atoms with Crippen LogP contribution in [0.25, 0.3) is 10.1 Å². The van der Waals surface area contributed by atoms with Crippen molar-refractivity contribution >= 4 is 45.6 Å². The third-order valence-electron chi connectivity index (χ3n) is 6.97. The second-order valence-corrected chi connectivity index (χ2v) is 9.95. The topological polar surface area (TPSA) is 65.5 Å². The number of aromatic nitrogens is 1. The number of carbonyl (C=O) groups is 1. The normalized spacial score (nSPS) is 18.7. The van der Waals surface area contributed by atoms with Gasteiger partial charge in [0.1, 0.15) is 5.82 Å². The molecular formula is C28H30ClN3O2S. The zero-order chi connectivity index (χ0) is 23.5. The molecule has 0 radical (unpaired) electrons. The zero-order valence-electron chi connectivity index (χ0n) is 19.6. The number of aromatic carboxylic acids is 1. The highest BCUT2D eigenvalue weighted by Crippen LogP contribution is 2.35. The molecule has 1 saturated heterocycles. The van der Waals surface area contributed by atoms with Gasteiger partial charge in [-0.1, -0.05) is 48.5 Å². The lowest BCUT2D eigenvalue weighted by molar-refractivity contribution is 0.0696. The van der Waals surface area contributed by atoms with Gasteiger partial charge in [-0.2, -0.15) is 0 Å². The molecule has 1 aliphatic rings. The second kappa shape index (κ2) is 11.2. The molecule has 0 aliphatic carbocycles. The first kappa shape index (κ1) is 25.2. The van der Waals surface area contributed by atoms with Crippen LogP contribution in [0, 0.1) is 5.92 Å². The Morgan fingerprint density at radius 1 is 1.14 bits per heavy atom. The Labute approximate surface area is 216 Å². The van der Waals surface area contributed by atoms with Crippen LogP contribution in [0.4, 0.5) is 5.82 Å². The summed E-state index contributed by atoms with van der Waals surface area (Å²) in [4.78, 5) is 17.9. The highest BCUT2D eigenvalue weighted by atomic mass is 35.5. The molecule has 0 amide bonds. The van der Waals surface area contributed by atoms with Crippen molar-refractivity contribution in [3.63, 3.8) is 0 Å². The molecule has 182 valence electrons. The molecule has 3 heterocycles. The first-order valence-corrected chi connectivity index (χ1v) is 12.7. The van der Waals surface area contributed by atoms with Crippen molar-refractivity contribution in [2.75, 3.05) is 24.5 Å². The average Bonchev–Trinajstić information content (AvgIpc) is 3.32. The summed E-state index contributed by atoms with van der Waals surface area (Å²) < 4.78 is 1.34. The molecule has 2 N–H and O–H groups in total. The molecule has 1 aliphatic heterocycles. The van der Waals surface area contributed by atoms with Gasteiger partial charge in [0.2, 0.25) is 0 Å². The van der Waals surface area contributed by atoms with Gasteiger partial charge in [0, 0.05) is 35.9 Å². The Bertz CT molecular complexity index is 1260. The van der Waals surface area contributed by atoms with Crippen LogP contribution in [-0.4, -0.2) is 35.7 Å². The number of carboxylic acids is 1. The van der Waals surface area contributed by atoms with Crippen LogP contribution in [0.15, 0.2) is 78.3 Å². The number of rotatable bonds is 7. The number of nitrogens with zero attached hydrogens (tertiary/aromatic N) is 2. The van der Waals surface area contributed by atoms with E-state index in [1.54, 1.807) is 6.07 Å². The van der Waals surface area contributed by atoms with Crippen molar-refractivity contribution < 1.29 is 9.90 Å². The van der Waals surface area contributed by atoms with E-state index in [-0.39, 0.29) is 24.0 Å². The van der Waals surface area contributed by atoms with Gasteiger partial charge in [0.25, 0.3) is 0 Å². The first-order valence-electron chi connectivity index (χ1n) is 11.8. The number of benzene rings is 2. The number of piperidine rings is 1. The molecule has 5 nitrogen and oxygen atoms in total. The molecular weight excluding hydrogens is 478 g/mol. The monoisotopic (exact) mass is 507 g/mol. The Kier molecular flexibility index (Phi) is 8.06. The molecule has 0 spiro atoms. The average molecular weight is 508 g/mol. The van der Waals surface area contributed by atoms with Crippen molar-refractivity contribution in [1.29, 1.82) is 0 Å². The van der Waals surface area contributed by atoms with Crippen LogP contribution in [0.5, 0.6) is 0 Å². The van der Waals surface area contributed by atoms with Crippen LogP contribution in [-0.2, 0) is 0 Å². The lowest BCUT2D eigenvalue weighted by Gasteiger charge is -2.40. The van der Waals surface area contributed by atoms with Crippen LogP contribution < -0.4 is 10.2 Å². The van der Waals surface area contributed by atoms with E-state index < -0.39 is 5.97 Å². The molecule has 1 fully saturated rings. The molecule has 0 saturated carbocycles. The van der Waals surface area contributed by atoms with Gasteiger partial charge in [-0.25, -0.2) is 9.78 Å². The summed E-state index contributed by atoms with van der Waals surface area (Å²) in [5, 5.41) is 16.6. The van der Waals surface area contributed by atoms with Gasteiger partial charge in [-0.05, 0) is 65.9 Å². The fraction of sp³-hybridized carbons (Fsp3) is 0.286. The lowest BCUT2D eigenvalue weighted by Crippen LogP contribution is -2.43. The zero-order valence-corrected chi connectivity index (χ0v) is 21.3. The Morgan fingerprint density at radius 2 is 1.91 bits per heavy atom. The first-order chi connectivity index (χ1) is 16.6. The number of thiophene rings is 1. The fourth-order valence-electron chi connectivity index (χ4n) is 5.00. The SMILES string of the molecule is C[C@@H](NCC1CCN(c2ccc(C(=O)O)cn2)CC1c1ccccc1)c1csc2ccccc12.Cl. The maximum absolute atomic E-state index is 11.2. The predicted octanol–water partition coefficient (Wildman–Crippen LogP) is 6.38. The molecule has 2 aromatic carbocycles. The minimum absolute atomic E-state index is 0. The van der Waals surface area contributed by atoms with E-state index in [0.29, 0.717) is 11.8 Å². The molecule has 5 rings (SSSR count). The maximum atomic E-state index is 11.2. The van der Waals surface area contributed by atoms with Gasteiger partial charge in [-0.3, -0.25) is 0 Å². The Hall–Kier alpha value is -2.93. The van der Waals surface area contributed by atoms with Gasteiger partial charge < -0.3 is 15.3 Å². The summed E-state index contributed by atoms with van der Waals surface area (Å²) in [6.07, 6.45) is 2.50. The van der Waals surface area contributed by atoms with E-state index >= 15 is 0 Å². The molecule has 0 bridgehead atoms. The Morgan fingerprint density at radius 3 is 2.66 bits per heavy atom. The third-order valence-corrected chi connectivity index (χ3v) is 7.95. The van der Waals surface area contributed by atoms with Crippen LogP contribution in [0.1, 0.15) is 46.8 Å². The van der Waals surface area contributed by atoms with E-state index in [0.717, 1.165) is 31.9 Å². The smallest absolute Gasteiger partial charge is 0.337 e. The lowest BCUT2D eigenvalue weighted by atomic mass is 9.80. The number of hydrogen-bond donors (Lipinski definition) is 2. The minimum atomic E-state index is -0.946. The van der Waals surface area contributed by atoms with Crippen LogP contribution in [0.3, 0.4) is 0 Å². The quantitative estimate of drug-likeness (QED) is 0.304. The van der Waals surface area contributed by atoms with E-state index in [2.05, 4.69) is 82.1 Å². The number of anilines is 1. The number of hydrogen-bond acceptors (Lipinski definition) is 5. The summed E-state index contributed by atoms with van der Waals surface area (Å²) in [5.41, 5.74) is 2.93. The van der Waals surface area contributed by atoms with Gasteiger partial charge in [0.05, 0.1) is 5.56 Å². The molecule has 2 aromatic heterocycles. The van der Waals surface area contributed by atoms with Crippen LogP contribution in [0.2, 0.25) is 0 Å². The summed E-state index contributed by atoms with van der Waals surface area (Å²) in [5.74, 6) is 0.771. The van der Waals surface area contributed by atoms with Crippen molar-refractivity contribution in [1.82, 2.24) is 10.3 Å². The predicted molar refractivity (Wildman–Crippen MR) is 146 cm³/mol. The number of pyridine rings is 1. The van der Waals surface area contributed by atoms with Crippen molar-refractivity contribution in [2.45, 2.75) is 25.3 Å². The number of nitrogens with one attached hydrogen (secondary N) is 1. The second-order valence-electron chi connectivity index (χ2n) is 9.04. The van der Waals surface area contributed by atoms with Crippen LogP contribution >= 0.6 is 23.7 Å². The molecule has 3 atom stereocenters. The summed E-state index contributed by atoms with van der Waals surface area (Å²) in [6, 6.07) is 23.1. The highest BCUT2D eigenvalue weighted by molar-refractivity contribution is 7.17. The Balaban J connectivity index is 0.00000289. The standard InChI is InChI=1S/C28H29N3O2S.ClH/c1-19(25-18-34-26-10-6-5-9-23(25)26)29-15-21-13-14-31(17-24(21)20-7-3-2-4-8-20)27-12-11-22(16-30-27)28(32)33;/h2-12,16,18-19,21,24,29H,13-15,17H2,1H3,(H,32,33);1H/t19-,21?,24?;/m1./s1. The largest absolute Gasteiger partial charge is 0.478 e. The molecule has 7 heteroatoms. The van der Waals surface area contributed by atoms with E-state index in [1.165, 1.54) is 27.4 Å². The van der Waals surface area contributed by atoms with Crippen molar-refractivity contribution in [2.24, 2.45) is 5.92 Å². The molecule has 35 heavy (non-hydrogen) atoms. The van der Waals surface area contributed by atoms with E-state index in [4.69, 9.17) is 0 Å². The summed E-state index contributed by atoms with van der Waals surface area (Å²) >= 11 is 1.81. The minimum Gasteiger partial charge on any atom is -0.478 e. The van der Waals surface area contributed by atoms with Crippen molar-refractivity contribution in [3.05, 3.63) is 95.0 Å². The molecule has 4 aromatic rings. The van der Waals surface area contributed by atoms with E-state index in [1.807, 2.05) is 17.4 Å². The van der Waals surface area contributed by atoms with E-state index in [9.17, 15) is 9.90 Å². The number of halogens is 1. The van der Waals surface area contributed by atoms with Crippen molar-refractivity contribution in [3.8, 4) is 0 Å². The molecule has 2 unspecified atom stereocenters. The summed E-state index contributed by atoms with van der Waals surface area (Å²) in [6.45, 7) is 4.98. The highest BCUT2D eigenvalue weighted by Gasteiger charge is 2.31. The third kappa shape index (κ3) is 5.50. The van der Waals surface area contributed by atoms with Gasteiger partial charge in [-0.15, -0.1) is 23.7 Å². The fourth-order valence-corrected chi connectivity index (χ4v) is 6.06. The summed E-state index contributed by atoms with van der Waals surface area (Å²) in [7, 11) is 0. The number of carboxylic acid groups (broad SMARTS) is 1. The maximum Gasteiger partial charge on any atom is 0.337 e. The van der Waals surface area contributed by atoms with Gasteiger partial charge in [0.15, 0.2) is 0 Å². The van der Waals surface area contributed by atoms with Gasteiger partial charge >= 0.3 is 5.97 Å².